The summed E-state index contributed by atoms with van der Waals surface area (Å²) in [6.07, 6.45) is 1.95. The van der Waals surface area contributed by atoms with Crippen LogP contribution in [0.1, 0.15) is 26.7 Å². The van der Waals surface area contributed by atoms with E-state index in [1.54, 1.807) is 7.11 Å². The van der Waals surface area contributed by atoms with Gasteiger partial charge in [0, 0.05) is 7.11 Å². The SMILES string of the molecule is COC1(C2(O)CC2C)CC1C. The van der Waals surface area contributed by atoms with Crippen molar-refractivity contribution < 1.29 is 9.84 Å². The minimum absolute atomic E-state index is 0.174. The predicted octanol–water partition coefficient (Wildman–Crippen LogP) is 1.18. The van der Waals surface area contributed by atoms with Crippen molar-refractivity contribution in [2.24, 2.45) is 11.8 Å². The molecule has 0 saturated heterocycles. The molecule has 0 aliphatic heterocycles. The Morgan fingerprint density at radius 2 is 1.73 bits per heavy atom. The molecule has 11 heavy (non-hydrogen) atoms. The molecule has 2 nitrogen and oxygen atoms in total. The minimum atomic E-state index is -0.485. The fraction of sp³-hybridized carbons (Fsp3) is 1.00. The van der Waals surface area contributed by atoms with E-state index in [1.165, 1.54) is 0 Å². The van der Waals surface area contributed by atoms with Gasteiger partial charge in [0.2, 0.25) is 0 Å². The van der Waals surface area contributed by atoms with E-state index < -0.39 is 5.60 Å². The molecule has 0 amide bonds. The maximum atomic E-state index is 10.0. The topological polar surface area (TPSA) is 29.5 Å². The van der Waals surface area contributed by atoms with Gasteiger partial charge in [-0.3, -0.25) is 0 Å². The summed E-state index contributed by atoms with van der Waals surface area (Å²) in [5.41, 5.74) is -0.659. The Hall–Kier alpha value is -0.0800. The van der Waals surface area contributed by atoms with E-state index in [4.69, 9.17) is 4.74 Å². The van der Waals surface area contributed by atoms with Crippen LogP contribution in [0.3, 0.4) is 0 Å². The van der Waals surface area contributed by atoms with Crippen LogP contribution in [0.2, 0.25) is 0 Å². The van der Waals surface area contributed by atoms with Gasteiger partial charge in [-0.05, 0) is 24.7 Å². The lowest BCUT2D eigenvalue weighted by molar-refractivity contribution is -0.0655. The largest absolute Gasteiger partial charge is 0.387 e. The van der Waals surface area contributed by atoms with Crippen molar-refractivity contribution in [3.8, 4) is 0 Å². The van der Waals surface area contributed by atoms with Crippen LogP contribution in [-0.2, 0) is 4.74 Å². The van der Waals surface area contributed by atoms with Gasteiger partial charge in [-0.2, -0.15) is 0 Å². The highest BCUT2D eigenvalue weighted by Gasteiger charge is 2.73. The molecule has 2 aliphatic rings. The summed E-state index contributed by atoms with van der Waals surface area (Å²) < 4.78 is 5.41. The number of hydrogen-bond donors (Lipinski definition) is 1. The molecule has 4 unspecified atom stereocenters. The van der Waals surface area contributed by atoms with E-state index in [-0.39, 0.29) is 5.60 Å². The van der Waals surface area contributed by atoms with Gasteiger partial charge >= 0.3 is 0 Å². The molecule has 0 aromatic heterocycles. The lowest BCUT2D eigenvalue weighted by Gasteiger charge is -2.22. The third-order valence-electron chi connectivity index (χ3n) is 3.61. The summed E-state index contributed by atoms with van der Waals surface area (Å²) >= 11 is 0. The first-order chi connectivity index (χ1) is 5.07. The van der Waals surface area contributed by atoms with Gasteiger partial charge in [0.15, 0.2) is 0 Å². The molecule has 2 aliphatic carbocycles. The molecule has 0 aromatic rings. The molecular weight excluding hydrogens is 140 g/mol. The van der Waals surface area contributed by atoms with Crippen molar-refractivity contribution in [2.75, 3.05) is 7.11 Å². The van der Waals surface area contributed by atoms with Crippen LogP contribution >= 0.6 is 0 Å². The first-order valence-corrected chi connectivity index (χ1v) is 4.34. The number of rotatable bonds is 2. The fourth-order valence-corrected chi connectivity index (χ4v) is 2.46. The number of methoxy groups -OCH3 is 1. The van der Waals surface area contributed by atoms with Crippen LogP contribution in [-0.4, -0.2) is 23.4 Å². The summed E-state index contributed by atoms with van der Waals surface area (Å²) in [5.74, 6) is 0.981. The normalized spacial score (nSPS) is 61.1. The monoisotopic (exact) mass is 156 g/mol. The fourth-order valence-electron chi connectivity index (χ4n) is 2.46. The Labute approximate surface area is 67.6 Å². The van der Waals surface area contributed by atoms with Crippen LogP contribution in [0.4, 0.5) is 0 Å². The van der Waals surface area contributed by atoms with Gasteiger partial charge in [0.05, 0.1) is 11.2 Å². The van der Waals surface area contributed by atoms with Gasteiger partial charge < -0.3 is 9.84 Å². The Kier molecular flexibility index (Phi) is 1.24. The lowest BCUT2D eigenvalue weighted by atomic mass is 10.1. The Morgan fingerprint density at radius 3 is 1.82 bits per heavy atom. The molecule has 4 atom stereocenters. The van der Waals surface area contributed by atoms with E-state index in [0.29, 0.717) is 11.8 Å². The lowest BCUT2D eigenvalue weighted by Crippen LogP contribution is -2.35. The van der Waals surface area contributed by atoms with Crippen molar-refractivity contribution in [1.82, 2.24) is 0 Å². The van der Waals surface area contributed by atoms with Gasteiger partial charge in [0.1, 0.15) is 0 Å². The van der Waals surface area contributed by atoms with E-state index in [1.807, 2.05) is 0 Å². The second-order valence-corrected chi connectivity index (χ2v) is 4.23. The van der Waals surface area contributed by atoms with Crippen molar-refractivity contribution >= 4 is 0 Å². The molecular formula is C9H16O2. The van der Waals surface area contributed by atoms with Gasteiger partial charge in [-0.1, -0.05) is 13.8 Å². The summed E-state index contributed by atoms with van der Waals surface area (Å²) in [4.78, 5) is 0. The average Bonchev–Trinajstić information content (AvgIpc) is 2.76. The maximum Gasteiger partial charge on any atom is 0.0997 e. The van der Waals surface area contributed by atoms with Gasteiger partial charge in [-0.25, -0.2) is 0 Å². The summed E-state index contributed by atoms with van der Waals surface area (Å²) in [5, 5.41) is 10.0. The highest BCUT2D eigenvalue weighted by molar-refractivity contribution is 5.24. The Morgan fingerprint density at radius 1 is 1.27 bits per heavy atom. The molecule has 0 aromatic carbocycles. The van der Waals surface area contributed by atoms with Crippen molar-refractivity contribution in [1.29, 1.82) is 0 Å². The summed E-state index contributed by atoms with van der Waals surface area (Å²) in [7, 11) is 1.71. The van der Waals surface area contributed by atoms with E-state index >= 15 is 0 Å². The second kappa shape index (κ2) is 1.80. The molecule has 2 rings (SSSR count). The highest BCUT2D eigenvalue weighted by Crippen LogP contribution is 2.65. The van der Waals surface area contributed by atoms with E-state index in [0.717, 1.165) is 12.8 Å². The van der Waals surface area contributed by atoms with Crippen molar-refractivity contribution in [2.45, 2.75) is 37.9 Å². The smallest absolute Gasteiger partial charge is 0.0997 e. The number of aliphatic hydroxyl groups is 1. The summed E-state index contributed by atoms with van der Waals surface area (Å²) in [6, 6.07) is 0. The maximum absolute atomic E-state index is 10.0. The van der Waals surface area contributed by atoms with Gasteiger partial charge in [-0.15, -0.1) is 0 Å². The van der Waals surface area contributed by atoms with Crippen LogP contribution in [0.15, 0.2) is 0 Å². The standard InChI is InChI=1S/C9H16O2/c1-6-4-8(6,10)9(11-3)5-7(9)2/h6-7,10H,4-5H2,1-3H3. The van der Waals surface area contributed by atoms with E-state index in [2.05, 4.69) is 13.8 Å². The summed E-state index contributed by atoms with van der Waals surface area (Å²) in [6.45, 7) is 4.23. The van der Waals surface area contributed by atoms with Crippen LogP contribution in [0.25, 0.3) is 0 Å². The van der Waals surface area contributed by atoms with Crippen LogP contribution in [0, 0.1) is 11.8 Å². The average molecular weight is 156 g/mol. The first-order valence-electron chi connectivity index (χ1n) is 4.34. The molecule has 64 valence electrons. The van der Waals surface area contributed by atoms with Crippen molar-refractivity contribution in [3.05, 3.63) is 0 Å². The highest BCUT2D eigenvalue weighted by atomic mass is 16.5. The zero-order valence-corrected chi connectivity index (χ0v) is 7.42. The number of hydrogen-bond acceptors (Lipinski definition) is 2. The molecule has 1 N–H and O–H groups in total. The molecule has 2 saturated carbocycles. The second-order valence-electron chi connectivity index (χ2n) is 4.23. The van der Waals surface area contributed by atoms with Gasteiger partial charge in [0.25, 0.3) is 0 Å². The molecule has 2 heteroatoms. The Balaban J connectivity index is 2.15. The number of ether oxygens (including phenoxy) is 1. The quantitative estimate of drug-likeness (QED) is 0.650. The Bertz CT molecular complexity index is 188. The molecule has 0 bridgehead atoms. The van der Waals surface area contributed by atoms with E-state index in [9.17, 15) is 5.11 Å². The van der Waals surface area contributed by atoms with Crippen LogP contribution in [0.5, 0.6) is 0 Å². The molecule has 0 heterocycles. The van der Waals surface area contributed by atoms with Crippen molar-refractivity contribution in [3.63, 3.8) is 0 Å². The molecule has 2 fully saturated rings. The molecule has 0 radical (unpaired) electrons. The predicted molar refractivity (Wildman–Crippen MR) is 42.3 cm³/mol. The molecule has 0 spiro atoms. The minimum Gasteiger partial charge on any atom is -0.387 e. The zero-order valence-electron chi connectivity index (χ0n) is 7.42. The zero-order chi connectivity index (χ0) is 8.28. The first kappa shape index (κ1) is 7.56. The third kappa shape index (κ3) is 0.695. The third-order valence-corrected chi connectivity index (χ3v) is 3.61. The van der Waals surface area contributed by atoms with Crippen LogP contribution < -0.4 is 0 Å².